The molecule has 1 heterocycles. The Morgan fingerprint density at radius 3 is 2.92 bits per heavy atom. The number of likely N-dealkylation sites (N-methyl/N-ethyl adjacent to an activating group) is 1. The SMILES string of the molecule is CNC(=O)CNCc1nc(C)no1. The molecule has 0 bridgehead atoms. The summed E-state index contributed by atoms with van der Waals surface area (Å²) >= 11 is 0. The third kappa shape index (κ3) is 3.20. The molecule has 0 spiro atoms. The number of nitrogens with one attached hydrogen (secondary N) is 2. The van der Waals surface area contributed by atoms with E-state index in [1.165, 1.54) is 0 Å². The molecule has 0 unspecified atom stereocenters. The molecule has 0 saturated carbocycles. The van der Waals surface area contributed by atoms with Gasteiger partial charge in [0.2, 0.25) is 11.8 Å². The molecule has 0 aliphatic rings. The summed E-state index contributed by atoms with van der Waals surface area (Å²) in [5, 5.41) is 8.95. The molecule has 0 radical (unpaired) electrons. The second-order valence-electron chi connectivity index (χ2n) is 2.51. The highest BCUT2D eigenvalue weighted by molar-refractivity contribution is 5.77. The quantitative estimate of drug-likeness (QED) is 0.641. The third-order valence-electron chi connectivity index (χ3n) is 1.41. The number of nitrogens with zero attached hydrogens (tertiary/aromatic N) is 2. The van der Waals surface area contributed by atoms with Crippen molar-refractivity contribution in [1.82, 2.24) is 20.8 Å². The molecule has 0 fully saturated rings. The van der Waals surface area contributed by atoms with Crippen LogP contribution in [0.15, 0.2) is 4.52 Å². The van der Waals surface area contributed by atoms with Crippen LogP contribution in [-0.4, -0.2) is 29.6 Å². The lowest BCUT2D eigenvalue weighted by Crippen LogP contribution is -2.31. The van der Waals surface area contributed by atoms with Crippen molar-refractivity contribution in [3.8, 4) is 0 Å². The minimum atomic E-state index is -0.0729. The fourth-order valence-corrected chi connectivity index (χ4v) is 0.783. The first kappa shape index (κ1) is 9.66. The van der Waals surface area contributed by atoms with Crippen molar-refractivity contribution in [2.45, 2.75) is 13.5 Å². The fourth-order valence-electron chi connectivity index (χ4n) is 0.783. The molecule has 1 aromatic rings. The highest BCUT2D eigenvalue weighted by Crippen LogP contribution is 1.93. The molecule has 0 aromatic carbocycles. The van der Waals surface area contributed by atoms with Gasteiger partial charge in [-0.2, -0.15) is 4.98 Å². The van der Waals surface area contributed by atoms with E-state index in [1.807, 2.05) is 0 Å². The van der Waals surface area contributed by atoms with Gasteiger partial charge in [-0.3, -0.25) is 10.1 Å². The number of amides is 1. The van der Waals surface area contributed by atoms with Gasteiger partial charge in [0.15, 0.2) is 5.82 Å². The van der Waals surface area contributed by atoms with Crippen LogP contribution in [0.4, 0.5) is 0 Å². The van der Waals surface area contributed by atoms with E-state index < -0.39 is 0 Å². The Bertz CT molecular complexity index is 284. The Labute approximate surface area is 75.7 Å². The van der Waals surface area contributed by atoms with Crippen molar-refractivity contribution in [2.24, 2.45) is 0 Å². The standard InChI is InChI=1S/C7H12N4O2/c1-5-10-7(13-11-5)4-9-3-6(12)8-2/h9H,3-4H2,1-2H3,(H,8,12). The van der Waals surface area contributed by atoms with Gasteiger partial charge >= 0.3 is 0 Å². The Balaban J connectivity index is 2.24. The van der Waals surface area contributed by atoms with Crippen LogP contribution in [0.1, 0.15) is 11.7 Å². The summed E-state index contributed by atoms with van der Waals surface area (Å²) in [7, 11) is 1.58. The Morgan fingerprint density at radius 2 is 2.38 bits per heavy atom. The smallest absolute Gasteiger partial charge is 0.240 e. The number of carbonyl (C=O) groups is 1. The van der Waals surface area contributed by atoms with Crippen molar-refractivity contribution in [3.63, 3.8) is 0 Å². The van der Waals surface area contributed by atoms with E-state index in [2.05, 4.69) is 20.8 Å². The van der Waals surface area contributed by atoms with Crippen molar-refractivity contribution in [3.05, 3.63) is 11.7 Å². The van der Waals surface area contributed by atoms with E-state index in [1.54, 1.807) is 14.0 Å². The maximum Gasteiger partial charge on any atom is 0.240 e. The summed E-state index contributed by atoms with van der Waals surface area (Å²) in [6.45, 7) is 2.40. The predicted octanol–water partition coefficient (Wildman–Crippen LogP) is -0.786. The highest BCUT2D eigenvalue weighted by Gasteiger charge is 2.02. The van der Waals surface area contributed by atoms with Gasteiger partial charge in [-0.15, -0.1) is 0 Å². The van der Waals surface area contributed by atoms with Crippen LogP contribution in [0.2, 0.25) is 0 Å². The lowest BCUT2D eigenvalue weighted by molar-refractivity contribution is -0.119. The van der Waals surface area contributed by atoms with Crippen LogP contribution < -0.4 is 10.6 Å². The molecule has 1 amide bonds. The number of aryl methyl sites for hydroxylation is 1. The van der Waals surface area contributed by atoms with Gasteiger partial charge in [0.25, 0.3) is 0 Å². The largest absolute Gasteiger partial charge is 0.358 e. The number of rotatable bonds is 4. The summed E-state index contributed by atoms with van der Waals surface area (Å²) in [4.78, 5) is 14.7. The summed E-state index contributed by atoms with van der Waals surface area (Å²) in [6.07, 6.45) is 0. The van der Waals surface area contributed by atoms with Gasteiger partial charge < -0.3 is 9.84 Å². The maximum atomic E-state index is 10.8. The van der Waals surface area contributed by atoms with Crippen molar-refractivity contribution in [1.29, 1.82) is 0 Å². The average Bonchev–Trinajstić information content (AvgIpc) is 2.51. The molecular weight excluding hydrogens is 172 g/mol. The van der Waals surface area contributed by atoms with Crippen molar-refractivity contribution < 1.29 is 9.32 Å². The van der Waals surface area contributed by atoms with Gasteiger partial charge in [0, 0.05) is 7.05 Å². The Hall–Kier alpha value is -1.43. The second kappa shape index (κ2) is 4.56. The summed E-state index contributed by atoms with van der Waals surface area (Å²) in [6, 6.07) is 0. The molecule has 0 saturated heterocycles. The molecule has 6 nitrogen and oxygen atoms in total. The maximum absolute atomic E-state index is 10.8. The van der Waals surface area contributed by atoms with Crippen LogP contribution in [-0.2, 0) is 11.3 Å². The zero-order chi connectivity index (χ0) is 9.68. The van der Waals surface area contributed by atoms with Crippen LogP contribution in [0.25, 0.3) is 0 Å². The van der Waals surface area contributed by atoms with Gasteiger partial charge in [0.1, 0.15) is 0 Å². The van der Waals surface area contributed by atoms with E-state index >= 15 is 0 Å². The van der Waals surface area contributed by atoms with Gasteiger partial charge in [0.05, 0.1) is 13.1 Å². The fraction of sp³-hybridized carbons (Fsp3) is 0.571. The number of hydrogen-bond acceptors (Lipinski definition) is 5. The van der Waals surface area contributed by atoms with Crippen LogP contribution in [0.5, 0.6) is 0 Å². The highest BCUT2D eigenvalue weighted by atomic mass is 16.5. The van der Waals surface area contributed by atoms with E-state index in [4.69, 9.17) is 4.52 Å². The minimum absolute atomic E-state index is 0.0729. The zero-order valence-electron chi connectivity index (χ0n) is 7.63. The molecule has 1 rings (SSSR count). The van der Waals surface area contributed by atoms with Crippen LogP contribution >= 0.6 is 0 Å². The van der Waals surface area contributed by atoms with Crippen LogP contribution in [0.3, 0.4) is 0 Å². The lowest BCUT2D eigenvalue weighted by atomic mass is 10.5. The molecular formula is C7H12N4O2. The minimum Gasteiger partial charge on any atom is -0.358 e. The number of carbonyl (C=O) groups excluding carboxylic acids is 1. The van der Waals surface area contributed by atoms with E-state index in [0.29, 0.717) is 18.3 Å². The van der Waals surface area contributed by atoms with Crippen molar-refractivity contribution in [2.75, 3.05) is 13.6 Å². The first-order chi connectivity index (χ1) is 6.22. The molecule has 0 aliphatic heterocycles. The van der Waals surface area contributed by atoms with Gasteiger partial charge in [-0.05, 0) is 6.92 Å². The summed E-state index contributed by atoms with van der Waals surface area (Å²) in [5.41, 5.74) is 0. The first-order valence-corrected chi connectivity index (χ1v) is 3.93. The number of hydrogen-bond donors (Lipinski definition) is 2. The third-order valence-corrected chi connectivity index (χ3v) is 1.41. The van der Waals surface area contributed by atoms with Gasteiger partial charge in [-0.1, -0.05) is 5.16 Å². The molecule has 1 aromatic heterocycles. The van der Waals surface area contributed by atoms with E-state index in [0.717, 1.165) is 0 Å². The second-order valence-corrected chi connectivity index (χ2v) is 2.51. The molecule has 2 N–H and O–H groups in total. The van der Waals surface area contributed by atoms with Crippen LogP contribution in [0, 0.1) is 6.92 Å². The molecule has 0 atom stereocenters. The predicted molar refractivity (Wildman–Crippen MR) is 44.8 cm³/mol. The van der Waals surface area contributed by atoms with E-state index in [-0.39, 0.29) is 12.5 Å². The summed E-state index contributed by atoms with van der Waals surface area (Å²) < 4.78 is 4.82. The Kier molecular flexibility index (Phi) is 3.39. The molecule has 0 aliphatic carbocycles. The topological polar surface area (TPSA) is 80.0 Å². The lowest BCUT2D eigenvalue weighted by Gasteiger charge is -1.98. The number of aromatic nitrogens is 2. The first-order valence-electron chi connectivity index (χ1n) is 3.93. The zero-order valence-corrected chi connectivity index (χ0v) is 7.63. The average molecular weight is 184 g/mol. The normalized spacial score (nSPS) is 10.0. The summed E-state index contributed by atoms with van der Waals surface area (Å²) in [5.74, 6) is 1.01. The van der Waals surface area contributed by atoms with Gasteiger partial charge in [-0.25, -0.2) is 0 Å². The molecule has 6 heteroatoms. The molecule has 72 valence electrons. The monoisotopic (exact) mass is 184 g/mol. The van der Waals surface area contributed by atoms with E-state index in [9.17, 15) is 4.79 Å². The van der Waals surface area contributed by atoms with Crippen molar-refractivity contribution >= 4 is 5.91 Å². The molecule has 13 heavy (non-hydrogen) atoms. The Morgan fingerprint density at radius 1 is 1.62 bits per heavy atom.